The quantitative estimate of drug-likeness (QED) is 0.216. The van der Waals surface area contributed by atoms with E-state index in [9.17, 15) is 30.7 Å². The predicted molar refractivity (Wildman–Crippen MR) is 144 cm³/mol. The molecule has 0 unspecified atom stereocenters. The fourth-order valence-electron chi connectivity index (χ4n) is 4.54. The maximum atomic E-state index is 13.7. The van der Waals surface area contributed by atoms with E-state index in [2.05, 4.69) is 16.7 Å². The van der Waals surface area contributed by atoms with E-state index in [1.54, 1.807) is 14.2 Å². The number of ether oxygens (including phenoxy) is 4. The highest BCUT2D eigenvalue weighted by atomic mass is 19.4. The Bertz CT molecular complexity index is 1170. The van der Waals surface area contributed by atoms with Crippen molar-refractivity contribution >= 4 is 0 Å². The van der Waals surface area contributed by atoms with Gasteiger partial charge in [0, 0.05) is 33.9 Å². The molecule has 0 aliphatic carbocycles. The van der Waals surface area contributed by atoms with Crippen molar-refractivity contribution < 1.29 is 49.7 Å². The maximum absolute atomic E-state index is 13.7. The van der Waals surface area contributed by atoms with Crippen LogP contribution in [0, 0.1) is 17.7 Å². The second-order valence-electron chi connectivity index (χ2n) is 9.94. The third kappa shape index (κ3) is 10.4. The van der Waals surface area contributed by atoms with Gasteiger partial charge >= 0.3 is 12.4 Å². The first kappa shape index (κ1) is 34.8. The molecule has 0 amide bonds. The fourth-order valence-corrected chi connectivity index (χ4v) is 4.54. The van der Waals surface area contributed by atoms with Gasteiger partial charge in [0.1, 0.15) is 5.82 Å². The van der Waals surface area contributed by atoms with Crippen LogP contribution >= 0.6 is 0 Å². The third-order valence-electron chi connectivity index (χ3n) is 6.87. The number of benzene rings is 2. The van der Waals surface area contributed by atoms with E-state index in [1.807, 2.05) is 4.90 Å². The molecular formula is C30H35F7N2O4. The van der Waals surface area contributed by atoms with Crippen LogP contribution in [0.3, 0.4) is 0 Å². The molecule has 2 aromatic carbocycles. The maximum Gasteiger partial charge on any atom is 0.416 e. The topological polar surface area (TPSA) is 43.4 Å². The summed E-state index contributed by atoms with van der Waals surface area (Å²) in [4.78, 5) is 3.98. The molecule has 3 rings (SSSR count). The Morgan fingerprint density at radius 2 is 1.51 bits per heavy atom. The van der Waals surface area contributed by atoms with Gasteiger partial charge in [-0.25, -0.2) is 4.39 Å². The molecule has 1 aliphatic heterocycles. The van der Waals surface area contributed by atoms with Gasteiger partial charge in [-0.3, -0.25) is 9.80 Å². The molecular weight excluding hydrogens is 585 g/mol. The molecule has 0 radical (unpaired) electrons. The van der Waals surface area contributed by atoms with Crippen LogP contribution in [-0.2, 0) is 31.3 Å². The lowest BCUT2D eigenvalue weighted by Gasteiger charge is -2.41. The lowest BCUT2D eigenvalue weighted by Crippen LogP contribution is -2.46. The number of hydrogen-bond donors (Lipinski definition) is 0. The van der Waals surface area contributed by atoms with Crippen molar-refractivity contribution in [3.05, 3.63) is 70.5 Å². The Labute approximate surface area is 246 Å². The summed E-state index contributed by atoms with van der Waals surface area (Å²) in [5.74, 6) is 5.76. The number of nitrogens with zero attached hydrogens (tertiary/aromatic N) is 2. The van der Waals surface area contributed by atoms with Crippen LogP contribution < -0.4 is 0 Å². The smallest absolute Gasteiger partial charge is 0.383 e. The van der Waals surface area contributed by atoms with Crippen molar-refractivity contribution in [3.63, 3.8) is 0 Å². The molecule has 1 heterocycles. The second kappa shape index (κ2) is 15.8. The van der Waals surface area contributed by atoms with Gasteiger partial charge in [-0.2, -0.15) is 26.3 Å². The van der Waals surface area contributed by atoms with Crippen LogP contribution in [0.2, 0.25) is 0 Å². The number of morpholine rings is 1. The summed E-state index contributed by atoms with van der Waals surface area (Å²) < 4.78 is 117. The van der Waals surface area contributed by atoms with Crippen molar-refractivity contribution in [2.75, 3.05) is 66.8 Å². The standard InChI is InChI=1S/C30H35F7N2O4/c1-21(23-18-24(29(32,33)34)20-25(19-23)30(35,36)37)43-28-27(22-6-8-26(31)9-7-22)39(14-17-42-28)11-5-4-10-38(12-15-40-2)13-16-41-3/h6-9,18-21,27-28H,10-17H2,1-3H3/t21-,27+,28-/m1/s1. The van der Waals surface area contributed by atoms with Gasteiger partial charge in [-0.15, -0.1) is 0 Å². The molecule has 1 saturated heterocycles. The first-order chi connectivity index (χ1) is 20.3. The molecule has 0 bridgehead atoms. The molecule has 2 aromatic rings. The molecule has 3 atom stereocenters. The van der Waals surface area contributed by atoms with Crippen molar-refractivity contribution in [1.29, 1.82) is 0 Å². The lowest BCUT2D eigenvalue weighted by atomic mass is 10.0. The zero-order chi connectivity index (χ0) is 31.6. The van der Waals surface area contributed by atoms with E-state index < -0.39 is 47.7 Å². The zero-order valence-electron chi connectivity index (χ0n) is 24.1. The van der Waals surface area contributed by atoms with Crippen molar-refractivity contribution in [2.45, 2.75) is 37.7 Å². The Morgan fingerprint density at radius 1 is 0.930 bits per heavy atom. The van der Waals surface area contributed by atoms with Crippen LogP contribution in [-0.4, -0.2) is 82.9 Å². The van der Waals surface area contributed by atoms with Gasteiger partial charge in [0.05, 0.1) is 56.2 Å². The van der Waals surface area contributed by atoms with Crippen molar-refractivity contribution in [2.24, 2.45) is 0 Å². The van der Waals surface area contributed by atoms with E-state index in [4.69, 9.17) is 18.9 Å². The minimum Gasteiger partial charge on any atom is -0.383 e. The minimum absolute atomic E-state index is 0.0702. The summed E-state index contributed by atoms with van der Waals surface area (Å²) in [6.45, 7) is 4.99. The van der Waals surface area contributed by atoms with Gasteiger partial charge in [0.15, 0.2) is 6.29 Å². The molecule has 43 heavy (non-hydrogen) atoms. The average molecular weight is 621 g/mol. The minimum atomic E-state index is -4.99. The van der Waals surface area contributed by atoms with Gasteiger partial charge < -0.3 is 18.9 Å². The summed E-state index contributed by atoms with van der Waals surface area (Å²) in [5.41, 5.74) is -2.60. The highest BCUT2D eigenvalue weighted by molar-refractivity contribution is 5.35. The second-order valence-corrected chi connectivity index (χ2v) is 9.94. The van der Waals surface area contributed by atoms with E-state index in [0.717, 1.165) is 0 Å². The lowest BCUT2D eigenvalue weighted by molar-refractivity contribution is -0.228. The van der Waals surface area contributed by atoms with E-state index >= 15 is 0 Å². The number of rotatable bonds is 12. The largest absolute Gasteiger partial charge is 0.416 e. The summed E-state index contributed by atoms with van der Waals surface area (Å²) in [5, 5.41) is 0. The molecule has 0 N–H and O–H groups in total. The molecule has 0 spiro atoms. The molecule has 1 fully saturated rings. The van der Waals surface area contributed by atoms with Gasteiger partial charge in [0.25, 0.3) is 0 Å². The predicted octanol–water partition coefficient (Wildman–Crippen LogP) is 5.94. The fraction of sp³-hybridized carbons (Fsp3) is 0.533. The number of alkyl halides is 6. The number of halogens is 7. The highest BCUT2D eigenvalue weighted by Gasteiger charge is 2.39. The molecule has 0 aromatic heterocycles. The van der Waals surface area contributed by atoms with Crippen molar-refractivity contribution in [3.8, 4) is 11.8 Å². The van der Waals surface area contributed by atoms with Crippen LogP contribution in [0.15, 0.2) is 42.5 Å². The summed E-state index contributed by atoms with van der Waals surface area (Å²) in [7, 11) is 3.21. The van der Waals surface area contributed by atoms with E-state index in [1.165, 1.54) is 31.2 Å². The molecule has 0 saturated carbocycles. The average Bonchev–Trinajstić information content (AvgIpc) is 2.95. The molecule has 13 heteroatoms. The Hall–Kier alpha value is -2.73. The summed E-state index contributed by atoms with van der Waals surface area (Å²) in [6, 6.07) is 6.23. The first-order valence-electron chi connectivity index (χ1n) is 13.6. The number of methoxy groups -OCH3 is 2. The SMILES string of the molecule is COCCN(CC#CCN1CCO[C@H](O[C@H](C)c2cc(C(F)(F)F)cc(C(F)(F)F)c2)[C@@H]1c1ccc(F)cc1)CCOC. The molecule has 6 nitrogen and oxygen atoms in total. The Balaban J connectivity index is 1.85. The third-order valence-corrected chi connectivity index (χ3v) is 6.87. The van der Waals surface area contributed by atoms with Gasteiger partial charge in [0.2, 0.25) is 0 Å². The van der Waals surface area contributed by atoms with E-state index in [-0.39, 0.29) is 24.8 Å². The summed E-state index contributed by atoms with van der Waals surface area (Å²) >= 11 is 0. The Morgan fingerprint density at radius 3 is 2.05 bits per heavy atom. The highest BCUT2D eigenvalue weighted by Crippen LogP contribution is 2.39. The van der Waals surface area contributed by atoms with Crippen LogP contribution in [0.4, 0.5) is 30.7 Å². The Kier molecular flexibility index (Phi) is 12.8. The monoisotopic (exact) mass is 620 g/mol. The normalized spacial score (nSPS) is 18.9. The first-order valence-corrected chi connectivity index (χ1v) is 13.6. The summed E-state index contributed by atoms with van der Waals surface area (Å²) in [6.07, 6.45) is -12.3. The molecule has 1 aliphatic rings. The van der Waals surface area contributed by atoms with Crippen LogP contribution in [0.5, 0.6) is 0 Å². The van der Waals surface area contributed by atoms with Gasteiger partial charge in [-0.05, 0) is 48.4 Å². The zero-order valence-corrected chi connectivity index (χ0v) is 24.1. The van der Waals surface area contributed by atoms with Crippen LogP contribution in [0.25, 0.3) is 0 Å². The number of hydrogen-bond acceptors (Lipinski definition) is 6. The van der Waals surface area contributed by atoms with Gasteiger partial charge in [-0.1, -0.05) is 24.0 Å². The van der Waals surface area contributed by atoms with Crippen molar-refractivity contribution in [1.82, 2.24) is 9.80 Å². The molecule has 238 valence electrons. The van der Waals surface area contributed by atoms with Crippen LogP contribution in [0.1, 0.15) is 41.3 Å². The van der Waals surface area contributed by atoms with E-state index in [0.29, 0.717) is 57.1 Å².